The normalized spacial score (nSPS) is 14.8. The summed E-state index contributed by atoms with van der Waals surface area (Å²) in [5, 5.41) is 7.75. The fourth-order valence-electron chi connectivity index (χ4n) is 3.81. The Hall–Kier alpha value is -2.95. The Kier molecular flexibility index (Phi) is 5.24. The quantitative estimate of drug-likeness (QED) is 0.725. The number of hydrogen-bond acceptors (Lipinski definition) is 3. The van der Waals surface area contributed by atoms with Gasteiger partial charge in [-0.05, 0) is 43.9 Å². The van der Waals surface area contributed by atoms with Crippen LogP contribution >= 0.6 is 0 Å². The van der Waals surface area contributed by atoms with Crippen LogP contribution in [0.25, 0.3) is 17.1 Å². The Morgan fingerprint density at radius 2 is 1.75 bits per heavy atom. The average molecular weight is 374 g/mol. The van der Waals surface area contributed by atoms with Gasteiger partial charge in [-0.1, -0.05) is 61.7 Å². The first kappa shape index (κ1) is 18.4. The third kappa shape index (κ3) is 3.70. The second-order valence-corrected chi connectivity index (χ2v) is 7.56. The van der Waals surface area contributed by atoms with Crippen LogP contribution in [0.3, 0.4) is 0 Å². The van der Waals surface area contributed by atoms with E-state index in [1.54, 1.807) is 4.68 Å². The second-order valence-electron chi connectivity index (χ2n) is 7.56. The molecule has 28 heavy (non-hydrogen) atoms. The zero-order valence-corrected chi connectivity index (χ0v) is 16.5. The Morgan fingerprint density at radius 3 is 2.50 bits per heavy atom. The van der Waals surface area contributed by atoms with Crippen molar-refractivity contribution in [1.29, 1.82) is 0 Å². The molecule has 0 unspecified atom stereocenters. The van der Waals surface area contributed by atoms with Crippen molar-refractivity contribution in [3.8, 4) is 17.1 Å². The number of carbonyl (C=O) groups excluding carboxylic acids is 1. The number of benzene rings is 2. The fourth-order valence-corrected chi connectivity index (χ4v) is 3.81. The molecule has 1 amide bonds. The maximum atomic E-state index is 12.8. The van der Waals surface area contributed by atoms with Crippen molar-refractivity contribution < 1.29 is 4.79 Å². The molecule has 0 spiro atoms. The van der Waals surface area contributed by atoms with E-state index in [2.05, 4.69) is 35.3 Å². The van der Waals surface area contributed by atoms with Crippen molar-refractivity contribution in [2.24, 2.45) is 0 Å². The lowest BCUT2D eigenvalue weighted by atomic mass is 9.95. The first-order valence-corrected chi connectivity index (χ1v) is 10.0. The Morgan fingerprint density at radius 1 is 1.00 bits per heavy atom. The molecule has 0 saturated heterocycles. The van der Waals surface area contributed by atoms with Crippen LogP contribution in [0.4, 0.5) is 0 Å². The van der Waals surface area contributed by atoms with Crippen molar-refractivity contribution in [2.45, 2.75) is 52.0 Å². The van der Waals surface area contributed by atoms with Gasteiger partial charge in [0.25, 0.3) is 5.91 Å². The lowest BCUT2D eigenvalue weighted by Gasteiger charge is -2.21. The highest BCUT2D eigenvalue weighted by Gasteiger charge is 2.23. The van der Waals surface area contributed by atoms with Crippen molar-refractivity contribution in [1.82, 2.24) is 20.1 Å². The summed E-state index contributed by atoms with van der Waals surface area (Å²) in [5.74, 6) is 0.724. The highest BCUT2D eigenvalue weighted by atomic mass is 16.2. The Bertz CT molecular complexity index is 972. The summed E-state index contributed by atoms with van der Waals surface area (Å²) >= 11 is 0. The van der Waals surface area contributed by atoms with Crippen LogP contribution in [0.15, 0.2) is 48.5 Å². The molecule has 1 aromatic heterocycles. The maximum Gasteiger partial charge on any atom is 0.291 e. The summed E-state index contributed by atoms with van der Waals surface area (Å²) < 4.78 is 1.80. The summed E-state index contributed by atoms with van der Waals surface area (Å²) in [5.41, 5.74) is 4.19. The summed E-state index contributed by atoms with van der Waals surface area (Å²) in [7, 11) is 0. The lowest BCUT2D eigenvalue weighted by molar-refractivity contribution is 0.0917. The first-order chi connectivity index (χ1) is 13.6. The topological polar surface area (TPSA) is 59.8 Å². The van der Waals surface area contributed by atoms with Gasteiger partial charge in [0.2, 0.25) is 5.82 Å². The highest BCUT2D eigenvalue weighted by molar-refractivity contribution is 5.91. The van der Waals surface area contributed by atoms with E-state index >= 15 is 0 Å². The largest absolute Gasteiger partial charge is 0.347 e. The summed E-state index contributed by atoms with van der Waals surface area (Å²) in [6.45, 7) is 4.15. The van der Waals surface area contributed by atoms with E-state index in [-0.39, 0.29) is 17.8 Å². The standard InChI is InChI=1S/C23H26N4O/c1-16-10-9-15-20(17(16)2)27-22(18-11-5-3-6-12-18)25-21(26-27)23(28)24-19-13-7-4-8-14-19/h3,5-6,9-12,15,19H,4,7-8,13-14H2,1-2H3,(H,24,28). The van der Waals surface area contributed by atoms with E-state index in [0.717, 1.165) is 29.7 Å². The molecule has 0 radical (unpaired) electrons. The molecule has 1 aliphatic carbocycles. The molecule has 5 nitrogen and oxygen atoms in total. The molecule has 4 rings (SSSR count). The van der Waals surface area contributed by atoms with E-state index in [9.17, 15) is 4.79 Å². The van der Waals surface area contributed by atoms with E-state index in [1.165, 1.54) is 24.8 Å². The molecule has 1 aliphatic rings. The lowest BCUT2D eigenvalue weighted by Crippen LogP contribution is -2.36. The maximum absolute atomic E-state index is 12.8. The molecule has 0 aliphatic heterocycles. The minimum absolute atomic E-state index is 0.187. The van der Waals surface area contributed by atoms with Crippen LogP contribution in [0.5, 0.6) is 0 Å². The van der Waals surface area contributed by atoms with E-state index < -0.39 is 0 Å². The SMILES string of the molecule is Cc1cccc(-n2nc(C(=O)NC3CCCCC3)nc2-c2ccccc2)c1C. The molecule has 144 valence electrons. The Labute approximate surface area is 165 Å². The third-order valence-electron chi connectivity index (χ3n) is 5.59. The van der Waals surface area contributed by atoms with Crippen LogP contribution in [-0.2, 0) is 0 Å². The predicted octanol–water partition coefficient (Wildman–Crippen LogP) is 4.61. The zero-order chi connectivity index (χ0) is 19.5. The predicted molar refractivity (Wildman–Crippen MR) is 111 cm³/mol. The summed E-state index contributed by atoms with van der Waals surface area (Å²) in [6, 6.07) is 16.2. The van der Waals surface area contributed by atoms with Gasteiger partial charge in [-0.2, -0.15) is 0 Å². The molecule has 1 N–H and O–H groups in total. The number of hydrogen-bond donors (Lipinski definition) is 1. The fraction of sp³-hybridized carbons (Fsp3) is 0.348. The van der Waals surface area contributed by atoms with E-state index in [4.69, 9.17) is 0 Å². The summed E-state index contributed by atoms with van der Waals surface area (Å²) in [4.78, 5) is 17.5. The number of aryl methyl sites for hydroxylation is 1. The Balaban J connectivity index is 1.74. The van der Waals surface area contributed by atoms with Crippen LogP contribution < -0.4 is 5.32 Å². The van der Waals surface area contributed by atoms with E-state index in [1.807, 2.05) is 42.5 Å². The number of nitrogens with zero attached hydrogens (tertiary/aromatic N) is 3. The van der Waals surface area contributed by atoms with Gasteiger partial charge >= 0.3 is 0 Å². The van der Waals surface area contributed by atoms with E-state index in [0.29, 0.717) is 5.82 Å². The zero-order valence-electron chi connectivity index (χ0n) is 16.5. The molecule has 1 fully saturated rings. The highest BCUT2D eigenvalue weighted by Crippen LogP contribution is 2.25. The molecular weight excluding hydrogens is 348 g/mol. The summed E-state index contributed by atoms with van der Waals surface area (Å²) in [6.07, 6.45) is 5.67. The molecule has 1 heterocycles. The average Bonchev–Trinajstić information content (AvgIpc) is 3.17. The third-order valence-corrected chi connectivity index (χ3v) is 5.59. The number of carbonyl (C=O) groups is 1. The number of rotatable bonds is 4. The van der Waals surface area contributed by atoms with Crippen molar-refractivity contribution >= 4 is 5.91 Å². The first-order valence-electron chi connectivity index (χ1n) is 10.0. The van der Waals surface area contributed by atoms with Gasteiger partial charge in [0.1, 0.15) is 0 Å². The van der Waals surface area contributed by atoms with Gasteiger partial charge in [-0.3, -0.25) is 4.79 Å². The van der Waals surface area contributed by atoms with Gasteiger partial charge < -0.3 is 5.32 Å². The minimum Gasteiger partial charge on any atom is -0.347 e. The van der Waals surface area contributed by atoms with Crippen LogP contribution in [-0.4, -0.2) is 26.7 Å². The van der Waals surface area contributed by atoms with Gasteiger partial charge in [-0.25, -0.2) is 9.67 Å². The monoisotopic (exact) mass is 374 g/mol. The number of nitrogens with one attached hydrogen (secondary N) is 1. The molecule has 2 aromatic carbocycles. The molecule has 1 saturated carbocycles. The van der Waals surface area contributed by atoms with Crippen LogP contribution in [0, 0.1) is 13.8 Å². The second kappa shape index (κ2) is 7.97. The van der Waals surface area contributed by atoms with Gasteiger partial charge in [-0.15, -0.1) is 5.10 Å². The van der Waals surface area contributed by atoms with Gasteiger partial charge in [0.05, 0.1) is 5.69 Å². The van der Waals surface area contributed by atoms with Gasteiger partial charge in [0.15, 0.2) is 5.82 Å². The molecule has 0 bridgehead atoms. The van der Waals surface area contributed by atoms with Crippen LogP contribution in [0.2, 0.25) is 0 Å². The molecule has 5 heteroatoms. The molecule has 3 aromatic rings. The number of amides is 1. The van der Waals surface area contributed by atoms with Gasteiger partial charge in [0, 0.05) is 11.6 Å². The minimum atomic E-state index is -0.187. The molecular formula is C23H26N4O. The van der Waals surface area contributed by atoms with Crippen molar-refractivity contribution in [3.63, 3.8) is 0 Å². The van der Waals surface area contributed by atoms with Crippen LogP contribution in [0.1, 0.15) is 53.8 Å². The smallest absolute Gasteiger partial charge is 0.291 e. The van der Waals surface area contributed by atoms with Crippen molar-refractivity contribution in [2.75, 3.05) is 0 Å². The molecule has 0 atom stereocenters. The van der Waals surface area contributed by atoms with Crippen molar-refractivity contribution in [3.05, 3.63) is 65.5 Å². The number of aromatic nitrogens is 3.